The normalized spacial score (nSPS) is 19.0. The second kappa shape index (κ2) is 8.54. The average molecular weight is 366 g/mol. The van der Waals surface area contributed by atoms with E-state index in [-0.39, 0.29) is 0 Å². The van der Waals surface area contributed by atoms with Gasteiger partial charge in [-0.2, -0.15) is 11.8 Å². The van der Waals surface area contributed by atoms with Crippen molar-refractivity contribution in [3.8, 4) is 0 Å². The fraction of sp³-hybridized carbons (Fsp3) is 0.833. The first kappa shape index (κ1) is 18.7. The van der Waals surface area contributed by atoms with E-state index in [4.69, 9.17) is 0 Å². The Hall–Kier alpha value is -1.08. The lowest BCUT2D eigenvalue weighted by molar-refractivity contribution is -0.131. The zero-order valence-electron chi connectivity index (χ0n) is 15.8. The maximum Gasteiger partial charge on any atom is 0.223 e. The fourth-order valence-electron chi connectivity index (χ4n) is 3.59. The van der Waals surface area contributed by atoms with Gasteiger partial charge in [0.2, 0.25) is 5.91 Å². The molecule has 1 aliphatic heterocycles. The summed E-state index contributed by atoms with van der Waals surface area (Å²) in [4.78, 5) is 16.5. The van der Waals surface area contributed by atoms with E-state index in [0.717, 1.165) is 55.6 Å². The highest BCUT2D eigenvalue weighted by molar-refractivity contribution is 7.99. The van der Waals surface area contributed by atoms with Gasteiger partial charge < -0.3 is 14.4 Å². The van der Waals surface area contributed by atoms with Gasteiger partial charge in [-0.1, -0.05) is 6.92 Å². The smallest absolute Gasteiger partial charge is 0.223 e. The molecule has 0 N–H and O–H groups in total. The quantitative estimate of drug-likeness (QED) is 0.663. The second-order valence-electron chi connectivity index (χ2n) is 7.42. The highest BCUT2D eigenvalue weighted by atomic mass is 32.2. The molecule has 1 amide bonds. The van der Waals surface area contributed by atoms with Crippen molar-refractivity contribution in [2.45, 2.75) is 57.5 Å². The molecule has 140 valence electrons. The summed E-state index contributed by atoms with van der Waals surface area (Å²) in [6.07, 6.45) is 5.20. The van der Waals surface area contributed by atoms with Crippen LogP contribution in [0, 0.1) is 0 Å². The van der Waals surface area contributed by atoms with Crippen LogP contribution in [0.3, 0.4) is 0 Å². The molecule has 6 nitrogen and oxygen atoms in total. The first-order valence-electron chi connectivity index (χ1n) is 9.54. The molecule has 1 aromatic rings. The molecule has 25 heavy (non-hydrogen) atoms. The largest absolute Gasteiger partial charge is 0.343 e. The predicted octanol–water partition coefficient (Wildman–Crippen LogP) is 2.52. The second-order valence-corrected chi connectivity index (χ2v) is 8.81. The topological polar surface area (TPSA) is 54.3 Å². The van der Waals surface area contributed by atoms with E-state index >= 15 is 0 Å². The van der Waals surface area contributed by atoms with Crippen molar-refractivity contribution < 1.29 is 4.79 Å². The number of carbonyl (C=O) groups excluding carboxylic acids is 1. The van der Waals surface area contributed by atoms with E-state index in [1.54, 1.807) is 0 Å². The van der Waals surface area contributed by atoms with Gasteiger partial charge in [-0.05, 0) is 45.5 Å². The molecule has 2 aliphatic rings. The number of amides is 1. The molecule has 0 unspecified atom stereocenters. The minimum atomic E-state index is 0.316. The molecule has 1 aliphatic carbocycles. The summed E-state index contributed by atoms with van der Waals surface area (Å²) in [7, 11) is 4.15. The van der Waals surface area contributed by atoms with E-state index in [0.29, 0.717) is 24.3 Å². The van der Waals surface area contributed by atoms with Crippen molar-refractivity contribution in [1.29, 1.82) is 0 Å². The van der Waals surface area contributed by atoms with Crippen LogP contribution in [0.4, 0.5) is 0 Å². The number of hydrogen-bond donors (Lipinski definition) is 0. The van der Waals surface area contributed by atoms with Gasteiger partial charge in [0.15, 0.2) is 0 Å². The summed E-state index contributed by atoms with van der Waals surface area (Å²) >= 11 is 1.84. The zero-order valence-corrected chi connectivity index (χ0v) is 16.6. The first-order valence-corrected chi connectivity index (χ1v) is 10.7. The van der Waals surface area contributed by atoms with Crippen molar-refractivity contribution >= 4 is 17.7 Å². The average Bonchev–Trinajstić information content (AvgIpc) is 3.35. The molecule has 0 radical (unpaired) electrons. The van der Waals surface area contributed by atoms with Gasteiger partial charge in [-0.15, -0.1) is 10.2 Å². The first-order chi connectivity index (χ1) is 12.1. The maximum absolute atomic E-state index is 12.3. The van der Waals surface area contributed by atoms with Crippen LogP contribution in [0.1, 0.15) is 62.6 Å². The third-order valence-electron chi connectivity index (χ3n) is 5.04. The number of carbonyl (C=O) groups is 1. The third kappa shape index (κ3) is 4.76. The number of likely N-dealkylation sites (tertiary alicyclic amines) is 1. The number of rotatable bonds is 8. The van der Waals surface area contributed by atoms with E-state index in [2.05, 4.69) is 40.7 Å². The monoisotopic (exact) mass is 365 g/mol. The van der Waals surface area contributed by atoms with Crippen LogP contribution < -0.4 is 0 Å². The van der Waals surface area contributed by atoms with Gasteiger partial charge in [0.05, 0.1) is 6.54 Å². The molecule has 1 saturated carbocycles. The summed E-state index contributed by atoms with van der Waals surface area (Å²) in [5.74, 6) is 5.04. The van der Waals surface area contributed by atoms with Crippen molar-refractivity contribution in [2.75, 3.05) is 38.7 Å². The molecule has 3 rings (SSSR count). The zero-order chi connectivity index (χ0) is 17.8. The number of piperidine rings is 1. The van der Waals surface area contributed by atoms with Crippen LogP contribution in [-0.4, -0.2) is 69.2 Å². The lowest BCUT2D eigenvalue weighted by Gasteiger charge is -2.32. The molecule has 2 heterocycles. The highest BCUT2D eigenvalue weighted by Gasteiger charge is 2.34. The summed E-state index contributed by atoms with van der Waals surface area (Å²) < 4.78 is 2.40. The Kier molecular flexibility index (Phi) is 6.39. The Morgan fingerprint density at radius 1 is 1.20 bits per heavy atom. The van der Waals surface area contributed by atoms with Crippen LogP contribution >= 0.6 is 11.8 Å². The van der Waals surface area contributed by atoms with Gasteiger partial charge in [0.25, 0.3) is 0 Å². The van der Waals surface area contributed by atoms with Crippen LogP contribution in [-0.2, 0) is 11.3 Å². The van der Waals surface area contributed by atoms with Crippen molar-refractivity contribution in [3.05, 3.63) is 11.6 Å². The third-order valence-corrected chi connectivity index (χ3v) is 5.94. The minimum absolute atomic E-state index is 0.316. The Labute approximate surface area is 155 Å². The SMILES string of the molecule is CCSCCC(=O)N1CCC(c2nnc(CN(C)C)n2C2CC2)CC1. The number of aromatic nitrogens is 3. The standard InChI is InChI=1S/C18H31N5OS/c1-4-25-12-9-17(24)22-10-7-14(8-11-22)18-20-19-16(13-21(2)3)23(18)15-5-6-15/h14-15H,4-13H2,1-3H3. The van der Waals surface area contributed by atoms with E-state index in [9.17, 15) is 4.79 Å². The van der Waals surface area contributed by atoms with Gasteiger partial charge in [0.1, 0.15) is 11.6 Å². The molecule has 2 fully saturated rings. The van der Waals surface area contributed by atoms with Crippen molar-refractivity contribution in [2.24, 2.45) is 0 Å². The highest BCUT2D eigenvalue weighted by Crippen LogP contribution is 2.40. The summed E-state index contributed by atoms with van der Waals surface area (Å²) in [6, 6.07) is 0.602. The Balaban J connectivity index is 1.59. The van der Waals surface area contributed by atoms with E-state index < -0.39 is 0 Å². The van der Waals surface area contributed by atoms with Crippen LogP contribution in [0.5, 0.6) is 0 Å². The van der Waals surface area contributed by atoms with Gasteiger partial charge in [-0.25, -0.2) is 0 Å². The van der Waals surface area contributed by atoms with Gasteiger partial charge in [-0.3, -0.25) is 4.79 Å². The summed E-state index contributed by atoms with van der Waals surface area (Å²) in [6.45, 7) is 4.71. The molecule has 0 bridgehead atoms. The van der Waals surface area contributed by atoms with Crippen molar-refractivity contribution in [3.63, 3.8) is 0 Å². The molecule has 1 saturated heterocycles. The molecule has 7 heteroatoms. The molecule has 0 aromatic carbocycles. The minimum Gasteiger partial charge on any atom is -0.343 e. The number of hydrogen-bond acceptors (Lipinski definition) is 5. The summed E-state index contributed by atoms with van der Waals surface area (Å²) in [5, 5.41) is 9.05. The maximum atomic E-state index is 12.3. The van der Waals surface area contributed by atoms with Crippen LogP contribution in [0.15, 0.2) is 0 Å². The molecular weight excluding hydrogens is 334 g/mol. The van der Waals surface area contributed by atoms with Gasteiger partial charge >= 0.3 is 0 Å². The number of thioether (sulfide) groups is 1. The fourth-order valence-corrected chi connectivity index (χ4v) is 4.19. The lowest BCUT2D eigenvalue weighted by Crippen LogP contribution is -2.38. The predicted molar refractivity (Wildman–Crippen MR) is 102 cm³/mol. The van der Waals surface area contributed by atoms with Crippen LogP contribution in [0.25, 0.3) is 0 Å². The van der Waals surface area contributed by atoms with E-state index in [1.165, 1.54) is 12.8 Å². The molecule has 0 spiro atoms. The summed E-state index contributed by atoms with van der Waals surface area (Å²) in [5.41, 5.74) is 0. The Bertz CT molecular complexity index is 576. The number of nitrogens with zero attached hydrogens (tertiary/aromatic N) is 5. The molecule has 0 atom stereocenters. The van der Waals surface area contributed by atoms with E-state index in [1.807, 2.05) is 16.7 Å². The molecule has 1 aromatic heterocycles. The Morgan fingerprint density at radius 3 is 2.52 bits per heavy atom. The van der Waals surface area contributed by atoms with Crippen LogP contribution in [0.2, 0.25) is 0 Å². The van der Waals surface area contributed by atoms with Gasteiger partial charge in [0, 0.05) is 37.2 Å². The molecular formula is C18H31N5OS. The van der Waals surface area contributed by atoms with Crippen molar-refractivity contribution in [1.82, 2.24) is 24.6 Å². The lowest BCUT2D eigenvalue weighted by atomic mass is 9.95. The Morgan fingerprint density at radius 2 is 1.92 bits per heavy atom.